The highest BCUT2D eigenvalue weighted by Crippen LogP contribution is 2.18. The Morgan fingerprint density at radius 3 is 3.16 bits per heavy atom. The highest BCUT2D eigenvalue weighted by atomic mass is 16.1. The molecule has 0 bridgehead atoms. The summed E-state index contributed by atoms with van der Waals surface area (Å²) in [6, 6.07) is 5.28. The first-order valence-corrected chi connectivity index (χ1v) is 6.84. The van der Waals surface area contributed by atoms with Crippen molar-refractivity contribution < 1.29 is 4.79 Å². The van der Waals surface area contributed by atoms with E-state index in [1.807, 2.05) is 6.07 Å². The second-order valence-corrected chi connectivity index (χ2v) is 5.26. The third kappa shape index (κ3) is 4.21. The van der Waals surface area contributed by atoms with Crippen LogP contribution in [0.1, 0.15) is 29.8 Å². The number of likely N-dealkylation sites (tertiary alicyclic amines) is 1. The average Bonchev–Trinajstić information content (AvgIpc) is 2.39. The van der Waals surface area contributed by atoms with Crippen LogP contribution < -0.4 is 11.1 Å². The molecule has 0 saturated carbocycles. The van der Waals surface area contributed by atoms with E-state index in [4.69, 9.17) is 5.73 Å². The number of anilines is 1. The Morgan fingerprint density at radius 2 is 2.42 bits per heavy atom. The Hall–Kier alpha value is -1.62. The van der Waals surface area contributed by atoms with E-state index < -0.39 is 5.91 Å². The van der Waals surface area contributed by atoms with E-state index in [0.717, 1.165) is 24.7 Å². The number of carbonyl (C=O) groups is 1. The number of hydrogen-bond acceptors (Lipinski definition) is 4. The fourth-order valence-electron chi connectivity index (χ4n) is 2.58. The van der Waals surface area contributed by atoms with E-state index in [1.165, 1.54) is 25.9 Å². The zero-order valence-corrected chi connectivity index (χ0v) is 11.4. The summed E-state index contributed by atoms with van der Waals surface area (Å²) in [4.78, 5) is 17.6. The van der Waals surface area contributed by atoms with Gasteiger partial charge in [-0.3, -0.25) is 4.79 Å². The van der Waals surface area contributed by atoms with Crippen LogP contribution in [0.15, 0.2) is 18.2 Å². The van der Waals surface area contributed by atoms with Gasteiger partial charge in [-0.15, -0.1) is 0 Å². The van der Waals surface area contributed by atoms with Crippen LogP contribution in [0.4, 0.5) is 5.82 Å². The van der Waals surface area contributed by atoms with Crippen LogP contribution in [0.5, 0.6) is 0 Å². The van der Waals surface area contributed by atoms with Crippen LogP contribution in [0.2, 0.25) is 0 Å². The first kappa shape index (κ1) is 13.8. The van der Waals surface area contributed by atoms with Crippen LogP contribution in [-0.2, 0) is 0 Å². The number of pyridine rings is 1. The fraction of sp³-hybridized carbons (Fsp3) is 0.571. The molecule has 104 valence electrons. The summed E-state index contributed by atoms with van der Waals surface area (Å²) >= 11 is 0. The van der Waals surface area contributed by atoms with Crippen LogP contribution >= 0.6 is 0 Å². The first-order chi connectivity index (χ1) is 9.15. The Balaban J connectivity index is 1.79. The van der Waals surface area contributed by atoms with Gasteiger partial charge in [0.2, 0.25) is 0 Å². The topological polar surface area (TPSA) is 71.2 Å². The lowest BCUT2D eigenvalue weighted by atomic mass is 9.95. The number of rotatable bonds is 5. The number of primary amides is 1. The Bertz CT molecular complexity index is 435. The maximum absolute atomic E-state index is 11.0. The third-order valence-corrected chi connectivity index (χ3v) is 3.58. The molecule has 1 aromatic rings. The predicted octanol–water partition coefficient (Wildman–Crippen LogP) is 1.32. The first-order valence-electron chi connectivity index (χ1n) is 6.84. The van der Waals surface area contributed by atoms with Crippen LogP contribution in [0.3, 0.4) is 0 Å². The molecule has 1 fully saturated rings. The van der Waals surface area contributed by atoms with Crippen molar-refractivity contribution in [1.82, 2.24) is 9.88 Å². The third-order valence-electron chi connectivity index (χ3n) is 3.58. The second-order valence-electron chi connectivity index (χ2n) is 5.26. The minimum Gasteiger partial charge on any atom is -0.370 e. The molecule has 2 rings (SSSR count). The summed E-state index contributed by atoms with van der Waals surface area (Å²) in [7, 11) is 2.18. The number of nitrogens with two attached hydrogens (primary N) is 1. The molecule has 5 nitrogen and oxygen atoms in total. The van der Waals surface area contributed by atoms with Gasteiger partial charge in [0.05, 0.1) is 0 Å². The minimum absolute atomic E-state index is 0.308. The van der Waals surface area contributed by atoms with Gasteiger partial charge in [-0.1, -0.05) is 6.07 Å². The highest BCUT2D eigenvalue weighted by Gasteiger charge is 2.16. The quantitative estimate of drug-likeness (QED) is 0.839. The Labute approximate surface area is 114 Å². The molecule has 1 aliphatic heterocycles. The largest absolute Gasteiger partial charge is 0.370 e. The van der Waals surface area contributed by atoms with Gasteiger partial charge in [0.25, 0.3) is 5.91 Å². The molecule has 1 amide bonds. The van der Waals surface area contributed by atoms with Crippen LogP contribution in [0.25, 0.3) is 0 Å². The molecule has 19 heavy (non-hydrogen) atoms. The van der Waals surface area contributed by atoms with Crippen molar-refractivity contribution in [3.05, 3.63) is 23.9 Å². The van der Waals surface area contributed by atoms with Crippen molar-refractivity contribution in [2.24, 2.45) is 11.7 Å². The van der Waals surface area contributed by atoms with E-state index in [2.05, 4.69) is 22.2 Å². The smallest absolute Gasteiger partial charge is 0.267 e. The standard InChI is InChI=1S/C14H22N4O/c1-18-9-3-4-11(10-18)7-8-16-13-6-2-5-12(17-13)14(15)19/h2,5-6,11H,3-4,7-10H2,1H3,(H2,15,19)(H,16,17)/t11-/m0/s1. The molecule has 0 aromatic carbocycles. The molecule has 0 radical (unpaired) electrons. The molecule has 1 atom stereocenters. The molecule has 1 aromatic heterocycles. The molecule has 0 unspecified atom stereocenters. The Morgan fingerprint density at radius 1 is 1.58 bits per heavy atom. The normalized spacial score (nSPS) is 20.2. The molecule has 2 heterocycles. The molecule has 5 heteroatoms. The monoisotopic (exact) mass is 262 g/mol. The van der Waals surface area contributed by atoms with Gasteiger partial charge < -0.3 is 16.0 Å². The number of carbonyl (C=O) groups excluding carboxylic acids is 1. The summed E-state index contributed by atoms with van der Waals surface area (Å²) in [5.41, 5.74) is 5.52. The van der Waals surface area contributed by atoms with Crippen molar-refractivity contribution in [1.29, 1.82) is 0 Å². The lowest BCUT2D eigenvalue weighted by Crippen LogP contribution is -2.32. The van der Waals surface area contributed by atoms with Gasteiger partial charge in [-0.2, -0.15) is 0 Å². The summed E-state index contributed by atoms with van der Waals surface area (Å²) < 4.78 is 0. The van der Waals surface area contributed by atoms with E-state index in [0.29, 0.717) is 5.69 Å². The summed E-state index contributed by atoms with van der Waals surface area (Å²) in [5, 5.41) is 3.26. The average molecular weight is 262 g/mol. The van der Waals surface area contributed by atoms with E-state index in [9.17, 15) is 4.79 Å². The molecular formula is C14H22N4O. The summed E-state index contributed by atoms with van der Waals surface area (Å²) in [6.45, 7) is 3.27. The Kier molecular flexibility index (Phi) is 4.74. The van der Waals surface area contributed by atoms with Gasteiger partial charge in [0.15, 0.2) is 0 Å². The zero-order chi connectivity index (χ0) is 13.7. The number of aromatic nitrogens is 1. The van der Waals surface area contributed by atoms with Crippen molar-refractivity contribution in [3.8, 4) is 0 Å². The predicted molar refractivity (Wildman–Crippen MR) is 76.1 cm³/mol. The fourth-order valence-corrected chi connectivity index (χ4v) is 2.58. The number of amides is 1. The lowest BCUT2D eigenvalue weighted by molar-refractivity contribution is 0.0995. The molecule has 1 saturated heterocycles. The number of piperidine rings is 1. The maximum Gasteiger partial charge on any atom is 0.267 e. The SMILES string of the molecule is CN1CCC[C@@H](CCNc2cccc(C(N)=O)n2)C1. The molecular weight excluding hydrogens is 240 g/mol. The highest BCUT2D eigenvalue weighted by molar-refractivity contribution is 5.91. The summed E-state index contributed by atoms with van der Waals surface area (Å²) in [6.07, 6.45) is 3.73. The van der Waals surface area contributed by atoms with Gasteiger partial charge in [0.1, 0.15) is 11.5 Å². The van der Waals surface area contributed by atoms with Crippen molar-refractivity contribution in [2.75, 3.05) is 32.0 Å². The number of nitrogens with one attached hydrogen (secondary N) is 1. The molecule has 0 spiro atoms. The molecule has 3 N–H and O–H groups in total. The lowest BCUT2D eigenvalue weighted by Gasteiger charge is -2.29. The van der Waals surface area contributed by atoms with E-state index >= 15 is 0 Å². The van der Waals surface area contributed by atoms with Crippen molar-refractivity contribution in [3.63, 3.8) is 0 Å². The molecule has 0 aliphatic carbocycles. The van der Waals surface area contributed by atoms with Crippen molar-refractivity contribution in [2.45, 2.75) is 19.3 Å². The maximum atomic E-state index is 11.0. The van der Waals surface area contributed by atoms with Gasteiger partial charge >= 0.3 is 0 Å². The molecule has 1 aliphatic rings. The minimum atomic E-state index is -0.488. The van der Waals surface area contributed by atoms with Crippen molar-refractivity contribution >= 4 is 11.7 Å². The van der Waals surface area contributed by atoms with Gasteiger partial charge in [-0.05, 0) is 50.9 Å². The van der Waals surface area contributed by atoms with Gasteiger partial charge in [-0.25, -0.2) is 4.98 Å². The number of hydrogen-bond donors (Lipinski definition) is 2. The van der Waals surface area contributed by atoms with Gasteiger partial charge in [0, 0.05) is 13.1 Å². The second kappa shape index (κ2) is 6.52. The summed E-state index contributed by atoms with van der Waals surface area (Å²) in [5.74, 6) is 0.989. The van der Waals surface area contributed by atoms with E-state index in [-0.39, 0.29) is 0 Å². The van der Waals surface area contributed by atoms with E-state index in [1.54, 1.807) is 12.1 Å². The number of nitrogens with zero attached hydrogens (tertiary/aromatic N) is 2. The van der Waals surface area contributed by atoms with Crippen LogP contribution in [-0.4, -0.2) is 42.5 Å². The zero-order valence-electron chi connectivity index (χ0n) is 11.4. The van der Waals surface area contributed by atoms with Crippen LogP contribution in [0, 0.1) is 5.92 Å².